The number of benzene rings is 3. The summed E-state index contributed by atoms with van der Waals surface area (Å²) in [6.45, 7) is -1.20. The van der Waals surface area contributed by atoms with E-state index in [9.17, 15) is 31.2 Å². The van der Waals surface area contributed by atoms with Gasteiger partial charge >= 0.3 is 12.1 Å². The first-order valence-corrected chi connectivity index (χ1v) is 13.2. The van der Waals surface area contributed by atoms with Crippen LogP contribution in [0.5, 0.6) is 5.75 Å². The Balaban J connectivity index is 2.02. The van der Waals surface area contributed by atoms with Crippen LogP contribution in [-0.4, -0.2) is 59.7 Å². The molecule has 1 amide bonds. The zero-order chi connectivity index (χ0) is 29.5. The number of esters is 1. The normalized spacial score (nSPS) is 11.6. The molecule has 0 saturated carbocycles. The second kappa shape index (κ2) is 12.8. The van der Waals surface area contributed by atoms with E-state index in [1.54, 1.807) is 6.07 Å². The Morgan fingerprint density at radius 1 is 0.925 bits per heavy atom. The van der Waals surface area contributed by atoms with Crippen molar-refractivity contribution >= 4 is 27.6 Å². The van der Waals surface area contributed by atoms with Crippen LogP contribution in [0.3, 0.4) is 0 Å². The number of nitrogens with zero attached hydrogens (tertiary/aromatic N) is 2. The van der Waals surface area contributed by atoms with Crippen molar-refractivity contribution in [3.8, 4) is 5.75 Å². The SMILES string of the molecule is COCOC(=O)c1ccc(COc2cc(C(F)(F)F)ccc2N(CC(=O)N(C)C)S(=O)(=O)c2ccccc2)cc1. The summed E-state index contributed by atoms with van der Waals surface area (Å²) in [6.07, 6.45) is -4.75. The zero-order valence-corrected chi connectivity index (χ0v) is 22.7. The standard InChI is InChI=1S/C27H27F3N2O7S/c1-31(2)25(33)16-32(40(35,36)22-7-5-4-6-8-22)23-14-13-21(27(28,29)30)15-24(23)38-17-19-9-11-20(12-10-19)26(34)39-18-37-3/h4-15H,16-18H2,1-3H3. The molecule has 3 aromatic rings. The van der Waals surface area contributed by atoms with Gasteiger partial charge in [0.2, 0.25) is 5.91 Å². The molecule has 0 spiro atoms. The molecule has 3 aromatic carbocycles. The first kappa shape index (κ1) is 30.4. The summed E-state index contributed by atoms with van der Waals surface area (Å²) in [5.41, 5.74) is -0.651. The highest BCUT2D eigenvalue weighted by molar-refractivity contribution is 7.92. The molecule has 0 aromatic heterocycles. The topological polar surface area (TPSA) is 102 Å². The largest absolute Gasteiger partial charge is 0.487 e. The minimum absolute atomic E-state index is 0.164. The molecule has 0 N–H and O–H groups in total. The second-order valence-electron chi connectivity index (χ2n) is 8.62. The van der Waals surface area contributed by atoms with Gasteiger partial charge < -0.3 is 19.1 Å². The monoisotopic (exact) mass is 580 g/mol. The van der Waals surface area contributed by atoms with Crippen LogP contribution in [0.2, 0.25) is 0 Å². The number of hydrogen-bond donors (Lipinski definition) is 0. The van der Waals surface area contributed by atoms with Crippen LogP contribution in [0.25, 0.3) is 0 Å². The molecular formula is C27H27F3N2O7S. The number of carbonyl (C=O) groups excluding carboxylic acids is 2. The molecule has 0 aliphatic heterocycles. The number of sulfonamides is 1. The molecule has 0 unspecified atom stereocenters. The minimum Gasteiger partial charge on any atom is -0.487 e. The fraction of sp³-hybridized carbons (Fsp3) is 0.259. The number of methoxy groups -OCH3 is 1. The molecule has 13 heteroatoms. The van der Waals surface area contributed by atoms with Crippen molar-refractivity contribution in [1.29, 1.82) is 0 Å². The predicted octanol–water partition coefficient (Wildman–Crippen LogP) is 4.33. The third kappa shape index (κ3) is 7.51. The van der Waals surface area contributed by atoms with Crippen LogP contribution < -0.4 is 9.04 Å². The van der Waals surface area contributed by atoms with Crippen LogP contribution >= 0.6 is 0 Å². The molecule has 0 bridgehead atoms. The van der Waals surface area contributed by atoms with Gasteiger partial charge in [0.25, 0.3) is 10.0 Å². The number of anilines is 1. The van der Waals surface area contributed by atoms with Crippen molar-refractivity contribution in [3.05, 3.63) is 89.5 Å². The number of halogens is 3. The van der Waals surface area contributed by atoms with E-state index in [0.29, 0.717) is 11.6 Å². The fourth-order valence-corrected chi connectivity index (χ4v) is 4.84. The Morgan fingerprint density at radius 2 is 1.57 bits per heavy atom. The Morgan fingerprint density at radius 3 is 2.15 bits per heavy atom. The summed E-state index contributed by atoms with van der Waals surface area (Å²) in [5.74, 6) is -1.66. The average molecular weight is 581 g/mol. The van der Waals surface area contributed by atoms with Gasteiger partial charge in [-0.3, -0.25) is 9.10 Å². The number of hydrogen-bond acceptors (Lipinski definition) is 7. The quantitative estimate of drug-likeness (QED) is 0.246. The molecule has 40 heavy (non-hydrogen) atoms. The Kier molecular flexibility index (Phi) is 9.77. The molecular weight excluding hydrogens is 553 g/mol. The van der Waals surface area contributed by atoms with Crippen molar-refractivity contribution in [2.45, 2.75) is 17.7 Å². The van der Waals surface area contributed by atoms with Crippen LogP contribution in [0.4, 0.5) is 18.9 Å². The lowest BCUT2D eigenvalue weighted by Crippen LogP contribution is -2.40. The third-order valence-electron chi connectivity index (χ3n) is 5.56. The number of rotatable bonds is 11. The van der Waals surface area contributed by atoms with E-state index in [1.807, 2.05) is 0 Å². The molecule has 0 saturated heterocycles. The third-order valence-corrected chi connectivity index (χ3v) is 7.33. The molecule has 0 aliphatic carbocycles. The maximum atomic E-state index is 13.6. The predicted molar refractivity (Wildman–Crippen MR) is 139 cm³/mol. The van der Waals surface area contributed by atoms with Crippen LogP contribution in [0, 0.1) is 0 Å². The van der Waals surface area contributed by atoms with Gasteiger partial charge in [0.15, 0.2) is 6.79 Å². The number of alkyl halides is 3. The lowest BCUT2D eigenvalue weighted by atomic mass is 10.1. The summed E-state index contributed by atoms with van der Waals surface area (Å²) in [5, 5.41) is 0. The van der Waals surface area contributed by atoms with E-state index in [-0.39, 0.29) is 29.5 Å². The molecule has 214 valence electrons. The number of ether oxygens (including phenoxy) is 3. The highest BCUT2D eigenvalue weighted by Crippen LogP contribution is 2.39. The highest BCUT2D eigenvalue weighted by atomic mass is 32.2. The Hall–Kier alpha value is -4.10. The van der Waals surface area contributed by atoms with Gasteiger partial charge in [-0.05, 0) is 48.0 Å². The number of amides is 1. The van der Waals surface area contributed by atoms with Crippen molar-refractivity contribution < 1.29 is 45.4 Å². The lowest BCUT2D eigenvalue weighted by molar-refractivity contribution is -0.137. The van der Waals surface area contributed by atoms with E-state index in [4.69, 9.17) is 9.47 Å². The summed E-state index contributed by atoms with van der Waals surface area (Å²) in [7, 11) is -0.187. The van der Waals surface area contributed by atoms with Crippen LogP contribution in [-0.2, 0) is 37.1 Å². The van der Waals surface area contributed by atoms with E-state index < -0.39 is 45.9 Å². The Bertz CT molecular complexity index is 1430. The zero-order valence-electron chi connectivity index (χ0n) is 21.8. The van der Waals surface area contributed by atoms with Crippen LogP contribution in [0.1, 0.15) is 21.5 Å². The molecule has 0 atom stereocenters. The van der Waals surface area contributed by atoms with Crippen molar-refractivity contribution in [2.24, 2.45) is 0 Å². The fourth-order valence-electron chi connectivity index (χ4n) is 3.39. The highest BCUT2D eigenvalue weighted by Gasteiger charge is 2.34. The van der Waals surface area contributed by atoms with E-state index in [0.717, 1.165) is 21.3 Å². The smallest absolute Gasteiger partial charge is 0.416 e. The maximum Gasteiger partial charge on any atom is 0.416 e. The lowest BCUT2D eigenvalue weighted by Gasteiger charge is -2.27. The summed E-state index contributed by atoms with van der Waals surface area (Å²) in [6, 6.07) is 15.4. The average Bonchev–Trinajstić information content (AvgIpc) is 2.93. The van der Waals surface area contributed by atoms with E-state index >= 15 is 0 Å². The number of likely N-dealkylation sites (N-methyl/N-ethyl adjacent to an activating group) is 1. The molecule has 0 radical (unpaired) electrons. The maximum absolute atomic E-state index is 13.6. The Labute approximate surface area is 229 Å². The van der Waals surface area contributed by atoms with Crippen molar-refractivity contribution in [3.63, 3.8) is 0 Å². The van der Waals surface area contributed by atoms with E-state index in [2.05, 4.69) is 4.74 Å². The first-order valence-electron chi connectivity index (χ1n) is 11.7. The number of carbonyl (C=O) groups is 2. The van der Waals surface area contributed by atoms with Gasteiger partial charge in [0, 0.05) is 21.2 Å². The first-order chi connectivity index (χ1) is 18.8. The van der Waals surface area contributed by atoms with E-state index in [1.165, 1.54) is 69.7 Å². The van der Waals surface area contributed by atoms with Gasteiger partial charge in [0.1, 0.15) is 18.9 Å². The summed E-state index contributed by atoms with van der Waals surface area (Å²) < 4.78 is 83.9. The molecule has 9 nitrogen and oxygen atoms in total. The van der Waals surface area contributed by atoms with Gasteiger partial charge in [0.05, 0.1) is 21.7 Å². The molecule has 3 rings (SSSR count). The second-order valence-corrected chi connectivity index (χ2v) is 10.5. The van der Waals surface area contributed by atoms with Crippen LogP contribution in [0.15, 0.2) is 77.7 Å². The van der Waals surface area contributed by atoms with Crippen molar-refractivity contribution in [1.82, 2.24) is 4.90 Å². The van der Waals surface area contributed by atoms with Crippen molar-refractivity contribution in [2.75, 3.05) is 38.8 Å². The molecule has 0 aliphatic rings. The molecule has 0 fully saturated rings. The van der Waals surface area contributed by atoms with Gasteiger partial charge in [-0.15, -0.1) is 0 Å². The molecule has 0 heterocycles. The van der Waals surface area contributed by atoms with Gasteiger partial charge in [-0.25, -0.2) is 13.2 Å². The van der Waals surface area contributed by atoms with Gasteiger partial charge in [-0.2, -0.15) is 13.2 Å². The summed E-state index contributed by atoms with van der Waals surface area (Å²) >= 11 is 0. The summed E-state index contributed by atoms with van der Waals surface area (Å²) in [4.78, 5) is 25.6. The minimum atomic E-state index is -4.75. The van der Waals surface area contributed by atoms with Gasteiger partial charge in [-0.1, -0.05) is 30.3 Å².